The summed E-state index contributed by atoms with van der Waals surface area (Å²) in [5.41, 5.74) is 8.63. The second kappa shape index (κ2) is 26.8. The first-order chi connectivity index (χ1) is 30.1. The number of nitrogens with zero attached hydrogens (tertiary/aromatic N) is 4. The first-order valence-electron chi connectivity index (χ1n) is 17.9. The average Bonchev–Trinajstić information content (AvgIpc) is 3.23. The number of rotatable bonds is 12. The maximum Gasteiger partial charge on any atom is 1.00 e. The molecule has 8 N–H and O–H groups in total. The second-order valence-electron chi connectivity index (χ2n) is 13.0. The number of carboxylic acids is 2. The van der Waals surface area contributed by atoms with Crippen molar-refractivity contribution < 1.29 is 152 Å². The normalized spacial score (nSPS) is 11.8. The van der Waals surface area contributed by atoms with E-state index < -0.39 is 64.6 Å². The number of aromatic carboxylic acids is 2. The molecule has 0 aliphatic carbocycles. The minimum absolute atomic E-state index is 0. The fraction of sp³-hybridized carbons (Fsp3) is 0.0500. The van der Waals surface area contributed by atoms with E-state index in [4.69, 9.17) is 9.11 Å². The van der Waals surface area contributed by atoms with E-state index in [2.05, 4.69) is 42.1 Å². The summed E-state index contributed by atoms with van der Waals surface area (Å²) in [7, 11) is -8.76. The summed E-state index contributed by atoms with van der Waals surface area (Å²) in [6.45, 7) is 3.08. The molecule has 28 heteroatoms. The SMILES string of the molecule is Cc1cc(S(=O)(=O)O)ccc1NN=c1c(=O)ccc(=NNc2ccccc2C(=O)O)c1=O.Cc1cc(S(=O)(=O)O)ccc1NN=c1c(=O)ccc(=NNc2ccccc2C(=O)O)c1=O.[Cr].[Na+].[Na+].[Na+]. The van der Waals surface area contributed by atoms with Crippen LogP contribution in [0.25, 0.3) is 0 Å². The maximum absolute atomic E-state index is 12.6. The number of carboxylic acid groups (broad SMARTS) is 2. The molecular formula is C40H32CrN8Na3O14S2+3. The molecule has 0 unspecified atom stereocenters. The number of benzene rings is 6. The Hall–Kier alpha value is -4.79. The average molecular weight is 1030 g/mol. The Morgan fingerprint density at radius 1 is 0.471 bits per heavy atom. The van der Waals surface area contributed by atoms with Gasteiger partial charge in [-0.1, -0.05) is 24.3 Å². The van der Waals surface area contributed by atoms with Crippen molar-refractivity contribution in [2.75, 3.05) is 21.7 Å². The van der Waals surface area contributed by atoms with Crippen LogP contribution >= 0.6 is 0 Å². The Balaban J connectivity index is 0.000000642. The van der Waals surface area contributed by atoms with Gasteiger partial charge in [-0.05, 0) is 110 Å². The van der Waals surface area contributed by atoms with E-state index in [0.29, 0.717) is 22.5 Å². The molecule has 0 spiro atoms. The third-order valence-electron chi connectivity index (χ3n) is 8.62. The van der Waals surface area contributed by atoms with Crippen LogP contribution < -0.4 is 154 Å². The molecule has 6 aromatic carbocycles. The zero-order chi connectivity index (χ0) is 46.9. The van der Waals surface area contributed by atoms with Crippen LogP contribution in [-0.2, 0) is 37.6 Å². The van der Waals surface area contributed by atoms with Gasteiger partial charge in [-0.2, -0.15) is 37.2 Å². The van der Waals surface area contributed by atoms with Crippen molar-refractivity contribution in [2.24, 2.45) is 20.4 Å². The van der Waals surface area contributed by atoms with E-state index in [1.807, 2.05) is 0 Å². The van der Waals surface area contributed by atoms with Crippen LogP contribution in [0.4, 0.5) is 22.7 Å². The fourth-order valence-corrected chi connectivity index (χ4v) is 6.46. The Bertz CT molecular complexity index is 3340. The summed E-state index contributed by atoms with van der Waals surface area (Å²) in [6.07, 6.45) is 0. The van der Waals surface area contributed by atoms with Gasteiger partial charge in [0.25, 0.3) is 20.2 Å². The van der Waals surface area contributed by atoms with Crippen LogP contribution in [0.3, 0.4) is 0 Å². The van der Waals surface area contributed by atoms with Crippen molar-refractivity contribution in [3.8, 4) is 0 Å². The zero-order valence-corrected chi connectivity index (χ0v) is 45.2. The number of carbonyl (C=O) groups is 2. The van der Waals surface area contributed by atoms with Gasteiger partial charge in [0, 0.05) is 17.4 Å². The molecule has 0 fully saturated rings. The summed E-state index contributed by atoms with van der Waals surface area (Å²) in [5.74, 6) is -2.37. The van der Waals surface area contributed by atoms with Gasteiger partial charge >= 0.3 is 101 Å². The Morgan fingerprint density at radius 3 is 1.10 bits per heavy atom. The predicted molar refractivity (Wildman–Crippen MR) is 228 cm³/mol. The minimum Gasteiger partial charge on any atom is -0.478 e. The number of para-hydroxylation sites is 2. The summed E-state index contributed by atoms with van der Waals surface area (Å²) in [6, 6.07) is 23.7. The fourth-order valence-electron chi connectivity index (χ4n) is 5.32. The summed E-state index contributed by atoms with van der Waals surface area (Å²) < 4.78 is 63.0. The molecule has 6 aromatic rings. The van der Waals surface area contributed by atoms with Crippen molar-refractivity contribution in [3.63, 3.8) is 0 Å². The molecule has 6 rings (SSSR count). The van der Waals surface area contributed by atoms with Crippen LogP contribution in [0.5, 0.6) is 0 Å². The van der Waals surface area contributed by atoms with E-state index in [1.165, 1.54) is 86.6 Å². The quantitative estimate of drug-likeness (QED) is 0.0321. The minimum atomic E-state index is -4.38. The summed E-state index contributed by atoms with van der Waals surface area (Å²) in [5, 5.41) is 32.5. The van der Waals surface area contributed by atoms with E-state index in [9.17, 15) is 55.8 Å². The molecule has 22 nitrogen and oxygen atoms in total. The van der Waals surface area contributed by atoms with Crippen molar-refractivity contribution in [3.05, 3.63) is 194 Å². The molecule has 334 valence electrons. The number of hydrogen-bond donors (Lipinski definition) is 8. The molecule has 0 amide bonds. The summed E-state index contributed by atoms with van der Waals surface area (Å²) >= 11 is 0. The molecule has 68 heavy (non-hydrogen) atoms. The molecule has 0 saturated carbocycles. The van der Waals surface area contributed by atoms with Crippen LogP contribution in [0, 0.1) is 13.8 Å². The monoisotopic (exact) mass is 1030 g/mol. The van der Waals surface area contributed by atoms with Crippen molar-refractivity contribution in [2.45, 2.75) is 23.6 Å². The molecule has 0 saturated heterocycles. The number of aryl methyl sites for hydroxylation is 2. The molecular weight excluding hydrogens is 1000 g/mol. The van der Waals surface area contributed by atoms with Gasteiger partial charge in [-0.15, -0.1) is 0 Å². The van der Waals surface area contributed by atoms with E-state index in [1.54, 1.807) is 12.1 Å². The number of anilines is 4. The topological polar surface area (TPSA) is 349 Å². The molecule has 0 aromatic heterocycles. The smallest absolute Gasteiger partial charge is 0.478 e. The van der Waals surface area contributed by atoms with Gasteiger partial charge in [0.1, 0.15) is 10.7 Å². The van der Waals surface area contributed by atoms with Gasteiger partial charge in [0.15, 0.2) is 10.7 Å². The van der Waals surface area contributed by atoms with Crippen LogP contribution in [0.1, 0.15) is 31.8 Å². The van der Waals surface area contributed by atoms with Gasteiger partial charge in [0.2, 0.25) is 21.7 Å². The molecule has 0 radical (unpaired) electrons. The predicted octanol–water partition coefficient (Wildman–Crippen LogP) is -8.21. The van der Waals surface area contributed by atoms with Gasteiger partial charge in [-0.3, -0.25) is 50.0 Å². The molecule has 0 aliphatic heterocycles. The van der Waals surface area contributed by atoms with Gasteiger partial charge in [-0.25, -0.2) is 9.59 Å². The summed E-state index contributed by atoms with van der Waals surface area (Å²) in [4.78, 5) is 71.4. The van der Waals surface area contributed by atoms with Crippen LogP contribution in [0.2, 0.25) is 0 Å². The maximum atomic E-state index is 12.6. The molecule has 0 bridgehead atoms. The third-order valence-corrected chi connectivity index (χ3v) is 10.3. The van der Waals surface area contributed by atoms with Crippen LogP contribution in [-0.4, -0.2) is 48.1 Å². The molecule has 0 atom stereocenters. The van der Waals surface area contributed by atoms with Crippen molar-refractivity contribution in [1.82, 2.24) is 0 Å². The molecule has 0 aliphatic rings. The van der Waals surface area contributed by atoms with Crippen molar-refractivity contribution >= 4 is 54.9 Å². The van der Waals surface area contributed by atoms with Gasteiger partial charge < -0.3 is 10.2 Å². The Morgan fingerprint density at radius 2 is 0.794 bits per heavy atom. The Kier molecular flexibility index (Phi) is 24.2. The first kappa shape index (κ1) is 61.2. The largest absolute Gasteiger partial charge is 1.00 e. The Labute approximate surface area is 461 Å². The standard InChI is InChI=1S/2C20H16N4O7S.Cr.3Na/c2*1-11-10-12(32(29,30)31)6-7-14(11)21-24-18-17(25)9-8-16(19(18)26)23-22-15-5-3-2-4-13(15)20(27)28;;;;/h2*2-10,21-22H,1H3,(H,27,28)(H,29,30,31);;;;/q;;;3*+1. The first-order valence-corrected chi connectivity index (χ1v) is 20.7. The van der Waals surface area contributed by atoms with Crippen LogP contribution in [0.15, 0.2) is 159 Å². The van der Waals surface area contributed by atoms with Gasteiger partial charge in [0.05, 0.1) is 43.7 Å². The van der Waals surface area contributed by atoms with E-state index in [0.717, 1.165) is 24.3 Å². The van der Waals surface area contributed by atoms with E-state index in [-0.39, 0.29) is 149 Å². The number of nitrogens with one attached hydrogen (secondary N) is 4. The van der Waals surface area contributed by atoms with E-state index >= 15 is 0 Å². The van der Waals surface area contributed by atoms with Crippen molar-refractivity contribution in [1.29, 1.82) is 0 Å². The zero-order valence-electron chi connectivity index (χ0n) is 36.3. The number of hydrogen-bond acceptors (Lipinski definition) is 18. The second-order valence-corrected chi connectivity index (χ2v) is 15.9. The molecule has 0 heterocycles. The third kappa shape index (κ3) is 16.2.